The van der Waals surface area contributed by atoms with Crippen molar-refractivity contribution in [3.05, 3.63) is 24.3 Å². The van der Waals surface area contributed by atoms with Crippen LogP contribution in [0.25, 0.3) is 0 Å². The topological polar surface area (TPSA) is 55.8 Å². The lowest BCUT2D eigenvalue weighted by Gasteiger charge is -2.40. The van der Waals surface area contributed by atoms with Crippen molar-refractivity contribution in [3.8, 4) is 0 Å². The first-order valence-corrected chi connectivity index (χ1v) is 12.3. The lowest BCUT2D eigenvalue weighted by molar-refractivity contribution is -0.132. The first-order chi connectivity index (χ1) is 14.8. The minimum atomic E-state index is -0.276. The zero-order valence-electron chi connectivity index (χ0n) is 20.4. The number of benzene rings is 1. The molecule has 1 unspecified atom stereocenters. The fraction of sp³-hybridized carbons (Fsp3) is 0.731. The number of carbonyl (C=O) groups excluding carboxylic acids is 1. The van der Waals surface area contributed by atoms with E-state index >= 15 is 0 Å². The first kappa shape index (κ1) is 25.5. The van der Waals surface area contributed by atoms with E-state index < -0.39 is 0 Å². The molecule has 1 aromatic rings. The van der Waals surface area contributed by atoms with E-state index in [0.29, 0.717) is 30.2 Å². The van der Waals surface area contributed by atoms with Crippen molar-refractivity contribution in [2.24, 2.45) is 11.8 Å². The molecule has 0 bridgehead atoms. The highest BCUT2D eigenvalue weighted by atomic mass is 16.3. The highest BCUT2D eigenvalue weighted by molar-refractivity contribution is 5.76. The lowest BCUT2D eigenvalue weighted by atomic mass is 9.99. The maximum atomic E-state index is 12.5. The van der Waals surface area contributed by atoms with E-state index in [0.717, 1.165) is 57.5 Å². The van der Waals surface area contributed by atoms with Gasteiger partial charge in [-0.1, -0.05) is 27.7 Å². The Hall–Kier alpha value is -1.75. The van der Waals surface area contributed by atoms with Gasteiger partial charge in [0.25, 0.3) is 0 Å². The molecule has 31 heavy (non-hydrogen) atoms. The summed E-state index contributed by atoms with van der Waals surface area (Å²) in [5.41, 5.74) is 2.37. The molecule has 1 saturated heterocycles. The largest absolute Gasteiger partial charge is 0.393 e. The Morgan fingerprint density at radius 1 is 1.03 bits per heavy atom. The normalized spacial score (nSPS) is 16.1. The summed E-state index contributed by atoms with van der Waals surface area (Å²) in [6, 6.07) is 9.20. The maximum Gasteiger partial charge on any atom is 0.222 e. The number of aliphatic hydroxyl groups is 1. The van der Waals surface area contributed by atoms with Gasteiger partial charge in [-0.15, -0.1) is 0 Å². The predicted octanol–water partition coefficient (Wildman–Crippen LogP) is 5.15. The van der Waals surface area contributed by atoms with Crippen LogP contribution in [0.1, 0.15) is 73.1 Å². The van der Waals surface area contributed by atoms with E-state index in [9.17, 15) is 9.90 Å². The molecule has 0 aliphatic carbocycles. The molecule has 1 atom stereocenters. The molecule has 1 aliphatic rings. The number of rotatable bonds is 12. The van der Waals surface area contributed by atoms with E-state index in [1.807, 2.05) is 6.92 Å². The number of piperidine rings is 1. The summed E-state index contributed by atoms with van der Waals surface area (Å²) in [5.74, 6) is 1.58. The van der Waals surface area contributed by atoms with E-state index in [1.54, 1.807) is 0 Å². The van der Waals surface area contributed by atoms with Gasteiger partial charge in [0, 0.05) is 50.0 Å². The molecule has 2 rings (SSSR count). The number of aliphatic hydroxyl groups excluding tert-OH is 1. The summed E-state index contributed by atoms with van der Waals surface area (Å²) >= 11 is 0. The summed E-state index contributed by atoms with van der Waals surface area (Å²) in [6.07, 6.45) is 5.39. The number of likely N-dealkylation sites (tertiary alicyclic amines) is 1. The first-order valence-electron chi connectivity index (χ1n) is 12.3. The van der Waals surface area contributed by atoms with E-state index in [4.69, 9.17) is 0 Å². The smallest absolute Gasteiger partial charge is 0.222 e. The van der Waals surface area contributed by atoms with Gasteiger partial charge in [0.2, 0.25) is 5.91 Å². The Labute approximate surface area is 190 Å². The average molecular weight is 432 g/mol. The van der Waals surface area contributed by atoms with Crippen molar-refractivity contribution in [1.29, 1.82) is 0 Å². The zero-order chi connectivity index (χ0) is 22.8. The molecule has 176 valence electrons. The molecular weight excluding hydrogens is 386 g/mol. The Bertz CT molecular complexity index is 635. The third-order valence-electron chi connectivity index (χ3n) is 6.23. The number of nitrogens with zero attached hydrogens (tertiary/aromatic N) is 2. The monoisotopic (exact) mass is 431 g/mol. The van der Waals surface area contributed by atoms with Crippen LogP contribution in [0, 0.1) is 11.8 Å². The second-order valence-corrected chi connectivity index (χ2v) is 10.0. The minimum absolute atomic E-state index is 0.276. The van der Waals surface area contributed by atoms with Crippen molar-refractivity contribution in [3.63, 3.8) is 0 Å². The van der Waals surface area contributed by atoms with Gasteiger partial charge in [0.15, 0.2) is 0 Å². The SMILES string of the molecule is CC(C)CCC(=O)N1CCC(N(CCC(C)C)c2ccc(NCCC(C)O)cc2)CC1. The number of hydrogen-bond acceptors (Lipinski definition) is 4. The van der Waals surface area contributed by atoms with Crippen LogP contribution in [-0.4, -0.2) is 54.2 Å². The Morgan fingerprint density at radius 2 is 1.65 bits per heavy atom. The molecule has 1 aromatic carbocycles. The Kier molecular flexibility index (Phi) is 10.7. The summed E-state index contributed by atoms with van der Waals surface area (Å²) in [6.45, 7) is 14.3. The van der Waals surface area contributed by atoms with Crippen molar-refractivity contribution in [2.75, 3.05) is 36.4 Å². The molecule has 1 aliphatic heterocycles. The van der Waals surface area contributed by atoms with Crippen molar-refractivity contribution in [1.82, 2.24) is 4.90 Å². The summed E-state index contributed by atoms with van der Waals surface area (Å²) in [4.78, 5) is 17.2. The molecule has 1 heterocycles. The molecule has 2 N–H and O–H groups in total. The third kappa shape index (κ3) is 9.10. The fourth-order valence-electron chi connectivity index (χ4n) is 4.11. The van der Waals surface area contributed by atoms with Crippen molar-refractivity contribution >= 4 is 17.3 Å². The van der Waals surface area contributed by atoms with Gasteiger partial charge in [0.1, 0.15) is 0 Å². The minimum Gasteiger partial charge on any atom is -0.393 e. The number of amides is 1. The summed E-state index contributed by atoms with van der Waals surface area (Å²) in [7, 11) is 0. The molecule has 1 amide bonds. The van der Waals surface area contributed by atoms with Crippen LogP contribution in [0.3, 0.4) is 0 Å². The molecule has 0 spiro atoms. The molecule has 0 aromatic heterocycles. The van der Waals surface area contributed by atoms with E-state index in [2.05, 4.69) is 67.1 Å². The van der Waals surface area contributed by atoms with Gasteiger partial charge in [-0.25, -0.2) is 0 Å². The molecule has 0 radical (unpaired) electrons. The second kappa shape index (κ2) is 12.9. The standard InChI is InChI=1S/C26H45N3O2/c1-20(2)6-11-26(31)28-17-14-25(15-18-28)29(19-13-21(3)4)24-9-7-23(8-10-24)27-16-12-22(5)30/h7-10,20-22,25,27,30H,6,11-19H2,1-5H3. The summed E-state index contributed by atoms with van der Waals surface area (Å²) < 4.78 is 0. The van der Waals surface area contributed by atoms with Crippen LogP contribution < -0.4 is 10.2 Å². The van der Waals surface area contributed by atoms with Gasteiger partial charge in [-0.05, 0) is 75.1 Å². The third-order valence-corrected chi connectivity index (χ3v) is 6.23. The summed E-state index contributed by atoms with van der Waals surface area (Å²) in [5, 5.41) is 12.8. The van der Waals surface area contributed by atoms with E-state index in [-0.39, 0.29) is 6.10 Å². The quantitative estimate of drug-likeness (QED) is 0.481. The number of carbonyl (C=O) groups is 1. The molecule has 5 nitrogen and oxygen atoms in total. The van der Waals surface area contributed by atoms with Crippen molar-refractivity contribution < 1.29 is 9.90 Å². The molecule has 5 heteroatoms. The predicted molar refractivity (Wildman–Crippen MR) is 132 cm³/mol. The van der Waals surface area contributed by atoms with E-state index in [1.165, 1.54) is 12.1 Å². The molecule has 1 fully saturated rings. The average Bonchev–Trinajstić information content (AvgIpc) is 2.73. The van der Waals surface area contributed by atoms with Crippen LogP contribution in [0.15, 0.2) is 24.3 Å². The number of nitrogens with one attached hydrogen (secondary N) is 1. The molecular formula is C26H45N3O2. The number of hydrogen-bond donors (Lipinski definition) is 2. The van der Waals surface area contributed by atoms with Gasteiger partial charge in [-0.3, -0.25) is 4.79 Å². The highest BCUT2D eigenvalue weighted by Gasteiger charge is 2.27. The Morgan fingerprint density at radius 3 is 2.19 bits per heavy atom. The molecule has 0 saturated carbocycles. The highest BCUT2D eigenvalue weighted by Crippen LogP contribution is 2.27. The van der Waals surface area contributed by atoms with Crippen LogP contribution >= 0.6 is 0 Å². The maximum absolute atomic E-state index is 12.5. The second-order valence-electron chi connectivity index (χ2n) is 10.0. The lowest BCUT2D eigenvalue weighted by Crippen LogP contribution is -2.47. The van der Waals surface area contributed by atoms with Crippen LogP contribution in [0.2, 0.25) is 0 Å². The van der Waals surface area contributed by atoms with Gasteiger partial charge >= 0.3 is 0 Å². The zero-order valence-corrected chi connectivity index (χ0v) is 20.4. The van der Waals surface area contributed by atoms with Gasteiger partial charge < -0.3 is 20.2 Å². The number of anilines is 2. The van der Waals surface area contributed by atoms with Gasteiger partial charge in [0.05, 0.1) is 6.10 Å². The van der Waals surface area contributed by atoms with Gasteiger partial charge in [-0.2, -0.15) is 0 Å². The Balaban J connectivity index is 1.97. The fourth-order valence-corrected chi connectivity index (χ4v) is 4.11. The van der Waals surface area contributed by atoms with Crippen molar-refractivity contribution in [2.45, 2.75) is 85.3 Å². The van der Waals surface area contributed by atoms with Crippen LogP contribution in [-0.2, 0) is 4.79 Å². The van der Waals surface area contributed by atoms with Crippen LogP contribution in [0.5, 0.6) is 0 Å². The van der Waals surface area contributed by atoms with Crippen LogP contribution in [0.4, 0.5) is 11.4 Å².